The van der Waals surface area contributed by atoms with Crippen molar-refractivity contribution in [3.63, 3.8) is 0 Å². The fourth-order valence-corrected chi connectivity index (χ4v) is 1.91. The first-order valence-electron chi connectivity index (χ1n) is 3.97. The third-order valence-electron chi connectivity index (χ3n) is 1.94. The molecule has 0 bridgehead atoms. The van der Waals surface area contributed by atoms with Gasteiger partial charge < -0.3 is 4.90 Å². The van der Waals surface area contributed by atoms with Crippen LogP contribution in [0.2, 0.25) is 0 Å². The lowest BCUT2D eigenvalue weighted by atomic mass is 10.4. The Kier molecular flexibility index (Phi) is 2.26. The van der Waals surface area contributed by atoms with Crippen LogP contribution in [0.25, 0.3) is 0 Å². The number of rotatable bonds is 1. The van der Waals surface area contributed by atoms with E-state index in [0.717, 1.165) is 5.69 Å². The molecule has 0 aromatic carbocycles. The average Bonchev–Trinajstić information content (AvgIpc) is 2.47. The highest BCUT2D eigenvalue weighted by Gasteiger charge is 2.28. The van der Waals surface area contributed by atoms with E-state index in [0.29, 0.717) is 13.0 Å². The highest BCUT2D eigenvalue weighted by Crippen LogP contribution is 2.23. The third kappa shape index (κ3) is 1.70. The molecule has 13 heavy (non-hydrogen) atoms. The van der Waals surface area contributed by atoms with Crippen molar-refractivity contribution in [2.24, 2.45) is 0 Å². The first-order valence-corrected chi connectivity index (χ1v) is 4.88. The van der Waals surface area contributed by atoms with E-state index >= 15 is 0 Å². The largest absolute Gasteiger partial charge is 0.308 e. The second-order valence-electron chi connectivity index (χ2n) is 2.90. The molecular formula is C8H8BrN3O. The second kappa shape index (κ2) is 3.41. The van der Waals surface area contributed by atoms with E-state index < -0.39 is 0 Å². The lowest BCUT2D eigenvalue weighted by Gasteiger charge is -2.13. The summed E-state index contributed by atoms with van der Waals surface area (Å²) in [4.78, 5) is 21.1. The Bertz CT molecular complexity index is 316. The van der Waals surface area contributed by atoms with Gasteiger partial charge in [0.25, 0.3) is 0 Å². The van der Waals surface area contributed by atoms with E-state index in [1.165, 1.54) is 6.33 Å². The molecule has 5 heteroatoms. The van der Waals surface area contributed by atoms with Crippen LogP contribution in [0, 0.1) is 0 Å². The number of hydrogen-bond acceptors (Lipinski definition) is 3. The number of carbonyl (C=O) groups is 1. The minimum atomic E-state index is 0.122. The second-order valence-corrected chi connectivity index (χ2v) is 4.20. The normalized spacial score (nSPS) is 22.4. The smallest absolute Gasteiger partial charge is 0.228 e. The molecule has 0 radical (unpaired) electrons. The summed E-state index contributed by atoms with van der Waals surface area (Å²) in [5.41, 5.74) is 0.773. The Balaban J connectivity index is 2.23. The van der Waals surface area contributed by atoms with Gasteiger partial charge in [0.15, 0.2) is 0 Å². The van der Waals surface area contributed by atoms with Crippen molar-refractivity contribution >= 4 is 27.5 Å². The van der Waals surface area contributed by atoms with Crippen molar-refractivity contribution < 1.29 is 4.79 Å². The molecule has 1 atom stereocenters. The van der Waals surface area contributed by atoms with Crippen molar-refractivity contribution in [1.82, 2.24) is 9.97 Å². The number of aromatic nitrogens is 2. The zero-order valence-electron chi connectivity index (χ0n) is 6.85. The fraction of sp³-hybridized carbons (Fsp3) is 0.375. The fourth-order valence-electron chi connectivity index (χ4n) is 1.34. The van der Waals surface area contributed by atoms with Gasteiger partial charge in [0, 0.05) is 17.8 Å². The Hall–Kier alpha value is -0.970. The van der Waals surface area contributed by atoms with E-state index in [1.54, 1.807) is 17.3 Å². The zero-order valence-corrected chi connectivity index (χ0v) is 8.44. The number of nitrogens with zero attached hydrogens (tertiary/aromatic N) is 3. The highest BCUT2D eigenvalue weighted by molar-refractivity contribution is 9.09. The summed E-state index contributed by atoms with van der Waals surface area (Å²) in [6.45, 7) is 0.701. The van der Waals surface area contributed by atoms with Crippen molar-refractivity contribution in [2.75, 3.05) is 11.4 Å². The Morgan fingerprint density at radius 3 is 2.69 bits per heavy atom. The SMILES string of the molecule is O=C1CC(Br)CN1c1cncnc1. The van der Waals surface area contributed by atoms with Crippen LogP contribution in [0.5, 0.6) is 0 Å². The molecule has 1 aromatic heterocycles. The van der Waals surface area contributed by atoms with Gasteiger partial charge in [0.2, 0.25) is 5.91 Å². The van der Waals surface area contributed by atoms with Crippen LogP contribution in [-0.2, 0) is 4.79 Å². The van der Waals surface area contributed by atoms with Gasteiger partial charge in [-0.25, -0.2) is 9.97 Å². The van der Waals surface area contributed by atoms with Crippen molar-refractivity contribution in [1.29, 1.82) is 0 Å². The summed E-state index contributed by atoms with van der Waals surface area (Å²) in [6.07, 6.45) is 5.30. The molecule has 2 heterocycles. The summed E-state index contributed by atoms with van der Waals surface area (Å²) in [7, 11) is 0. The van der Waals surface area contributed by atoms with Crippen molar-refractivity contribution in [3.05, 3.63) is 18.7 Å². The van der Waals surface area contributed by atoms with Crippen LogP contribution in [0.4, 0.5) is 5.69 Å². The first kappa shape index (κ1) is 8.62. The van der Waals surface area contributed by atoms with E-state index in [9.17, 15) is 4.79 Å². The molecule has 0 saturated carbocycles. The van der Waals surface area contributed by atoms with Crippen molar-refractivity contribution in [3.8, 4) is 0 Å². The van der Waals surface area contributed by atoms with Crippen LogP contribution < -0.4 is 4.90 Å². The molecule has 0 aliphatic carbocycles. The van der Waals surface area contributed by atoms with Crippen LogP contribution in [0.3, 0.4) is 0 Å². The molecule has 0 spiro atoms. The van der Waals surface area contributed by atoms with Gasteiger partial charge in [-0.3, -0.25) is 4.79 Å². The minimum Gasteiger partial charge on any atom is -0.308 e. The number of anilines is 1. The average molecular weight is 242 g/mol. The van der Waals surface area contributed by atoms with Crippen LogP contribution in [0.15, 0.2) is 18.7 Å². The number of halogens is 1. The van der Waals surface area contributed by atoms with Crippen LogP contribution in [0.1, 0.15) is 6.42 Å². The maximum atomic E-state index is 11.4. The molecule has 1 amide bonds. The quantitative estimate of drug-likeness (QED) is 0.689. The molecule has 1 unspecified atom stereocenters. The standard InChI is InChI=1S/C8H8BrN3O/c9-6-1-8(13)12(4-6)7-2-10-5-11-3-7/h2-3,5-6H,1,4H2. The van der Waals surface area contributed by atoms with Gasteiger partial charge in [-0.15, -0.1) is 0 Å². The molecule has 1 fully saturated rings. The van der Waals surface area contributed by atoms with Gasteiger partial charge in [-0.2, -0.15) is 0 Å². The third-order valence-corrected chi connectivity index (χ3v) is 2.55. The van der Waals surface area contributed by atoms with Crippen molar-refractivity contribution in [2.45, 2.75) is 11.2 Å². The summed E-state index contributed by atoms with van der Waals surface area (Å²) < 4.78 is 0. The topological polar surface area (TPSA) is 46.1 Å². The molecule has 0 N–H and O–H groups in total. The van der Waals surface area contributed by atoms with Crippen LogP contribution >= 0.6 is 15.9 Å². The summed E-state index contributed by atoms with van der Waals surface area (Å²) in [5.74, 6) is 0.122. The lowest BCUT2D eigenvalue weighted by molar-refractivity contribution is -0.117. The minimum absolute atomic E-state index is 0.122. The molecule has 2 rings (SSSR count). The molecule has 1 aliphatic heterocycles. The summed E-state index contributed by atoms with van der Waals surface area (Å²) >= 11 is 3.41. The monoisotopic (exact) mass is 241 g/mol. The zero-order chi connectivity index (χ0) is 9.26. The Labute approximate surface area is 84.1 Å². The Morgan fingerprint density at radius 1 is 1.46 bits per heavy atom. The number of alkyl halides is 1. The van der Waals surface area contributed by atoms with Gasteiger partial charge in [-0.05, 0) is 0 Å². The van der Waals surface area contributed by atoms with E-state index in [1.807, 2.05) is 0 Å². The van der Waals surface area contributed by atoms with E-state index in [4.69, 9.17) is 0 Å². The van der Waals surface area contributed by atoms with Gasteiger partial charge >= 0.3 is 0 Å². The highest BCUT2D eigenvalue weighted by atomic mass is 79.9. The Morgan fingerprint density at radius 2 is 2.15 bits per heavy atom. The first-order chi connectivity index (χ1) is 6.27. The molecular weight excluding hydrogens is 234 g/mol. The maximum absolute atomic E-state index is 11.4. The number of hydrogen-bond donors (Lipinski definition) is 0. The van der Waals surface area contributed by atoms with Gasteiger partial charge in [0.05, 0.1) is 18.1 Å². The number of amides is 1. The van der Waals surface area contributed by atoms with Gasteiger partial charge in [0.1, 0.15) is 6.33 Å². The van der Waals surface area contributed by atoms with E-state index in [-0.39, 0.29) is 10.7 Å². The molecule has 68 valence electrons. The number of carbonyl (C=O) groups excluding carboxylic acids is 1. The molecule has 1 aromatic rings. The lowest BCUT2D eigenvalue weighted by Crippen LogP contribution is -2.24. The summed E-state index contributed by atoms with van der Waals surface area (Å²) in [6, 6.07) is 0. The summed E-state index contributed by atoms with van der Waals surface area (Å²) in [5, 5.41) is 0. The van der Waals surface area contributed by atoms with Crippen LogP contribution in [-0.4, -0.2) is 27.2 Å². The molecule has 1 saturated heterocycles. The maximum Gasteiger partial charge on any atom is 0.228 e. The predicted molar refractivity (Wildman–Crippen MR) is 51.7 cm³/mol. The molecule has 1 aliphatic rings. The molecule has 4 nitrogen and oxygen atoms in total. The van der Waals surface area contributed by atoms with Gasteiger partial charge in [-0.1, -0.05) is 15.9 Å². The van der Waals surface area contributed by atoms with E-state index in [2.05, 4.69) is 25.9 Å². The predicted octanol–water partition coefficient (Wildman–Crippen LogP) is 0.977.